The zero-order valence-electron chi connectivity index (χ0n) is 14.5. The highest BCUT2D eigenvalue weighted by atomic mass is 79.9. The van der Waals surface area contributed by atoms with Crippen LogP contribution in [0, 0.1) is 5.92 Å². The van der Waals surface area contributed by atoms with Crippen molar-refractivity contribution in [2.75, 3.05) is 6.54 Å². The average Bonchev–Trinajstić information content (AvgIpc) is 2.99. The molecule has 130 valence electrons. The van der Waals surface area contributed by atoms with Gasteiger partial charge in [-0.2, -0.15) is 0 Å². The molecule has 0 radical (unpaired) electrons. The van der Waals surface area contributed by atoms with Crippen molar-refractivity contribution < 1.29 is 9.53 Å². The number of alkyl carbamates (subject to hydrolysis) is 1. The zero-order valence-corrected chi connectivity index (χ0v) is 16.1. The minimum Gasteiger partial charge on any atom is -0.444 e. The quantitative estimate of drug-likeness (QED) is 0.723. The molecule has 1 atom stereocenters. The van der Waals surface area contributed by atoms with Gasteiger partial charge in [-0.3, -0.25) is 0 Å². The number of fused-ring (bicyclic) bond motifs is 3. The normalized spacial score (nSPS) is 17.1. The summed E-state index contributed by atoms with van der Waals surface area (Å²) in [6.07, 6.45) is 4.01. The molecule has 2 N–H and O–H groups in total. The Kier molecular flexibility index (Phi) is 4.90. The SMILES string of the molecule is CC(C)(C)OC(=O)NCCCC1Cc2[nH]c3ccc(Br)cc3c2C1. The maximum Gasteiger partial charge on any atom is 0.407 e. The number of H-pyrrole nitrogens is 1. The second-order valence-electron chi connectivity index (χ2n) is 7.62. The van der Waals surface area contributed by atoms with Gasteiger partial charge >= 0.3 is 6.09 Å². The van der Waals surface area contributed by atoms with E-state index in [2.05, 4.69) is 44.4 Å². The molecule has 0 aliphatic heterocycles. The second-order valence-corrected chi connectivity index (χ2v) is 8.53. The van der Waals surface area contributed by atoms with Gasteiger partial charge in [0.15, 0.2) is 0 Å². The molecule has 1 aromatic heterocycles. The van der Waals surface area contributed by atoms with Crippen LogP contribution in [-0.4, -0.2) is 23.2 Å². The minimum atomic E-state index is -0.437. The molecule has 0 bridgehead atoms. The number of hydrogen-bond donors (Lipinski definition) is 2. The van der Waals surface area contributed by atoms with E-state index in [0.717, 1.165) is 30.2 Å². The first-order valence-corrected chi connectivity index (χ1v) is 9.37. The van der Waals surface area contributed by atoms with Crippen molar-refractivity contribution >= 4 is 32.9 Å². The molecular weight excluding hydrogens is 368 g/mol. The van der Waals surface area contributed by atoms with Gasteiger partial charge in [-0.25, -0.2) is 4.79 Å². The predicted molar refractivity (Wildman–Crippen MR) is 100 cm³/mol. The van der Waals surface area contributed by atoms with Crippen molar-refractivity contribution in [1.29, 1.82) is 0 Å². The molecule has 1 unspecified atom stereocenters. The Morgan fingerprint density at radius 1 is 1.38 bits per heavy atom. The zero-order chi connectivity index (χ0) is 17.3. The van der Waals surface area contributed by atoms with Crippen LogP contribution < -0.4 is 5.32 Å². The maximum atomic E-state index is 11.6. The van der Waals surface area contributed by atoms with Crippen LogP contribution in [0.15, 0.2) is 22.7 Å². The predicted octanol–water partition coefficient (Wildman–Crippen LogP) is 4.95. The molecule has 0 saturated heterocycles. The van der Waals surface area contributed by atoms with E-state index in [0.29, 0.717) is 12.5 Å². The fourth-order valence-electron chi connectivity index (χ4n) is 3.43. The van der Waals surface area contributed by atoms with Crippen LogP contribution in [0.5, 0.6) is 0 Å². The third kappa shape index (κ3) is 4.12. The number of benzene rings is 1. The Morgan fingerprint density at radius 3 is 2.92 bits per heavy atom. The number of halogens is 1. The first-order chi connectivity index (χ1) is 11.3. The summed E-state index contributed by atoms with van der Waals surface area (Å²) in [6, 6.07) is 6.42. The number of carbonyl (C=O) groups is 1. The third-order valence-corrected chi connectivity index (χ3v) is 4.89. The highest BCUT2D eigenvalue weighted by molar-refractivity contribution is 9.10. The van der Waals surface area contributed by atoms with Gasteiger partial charge in [-0.05, 0) is 76.1 Å². The Morgan fingerprint density at radius 2 is 2.17 bits per heavy atom. The number of carbonyl (C=O) groups excluding carboxylic acids is 1. The summed E-state index contributed by atoms with van der Waals surface area (Å²) in [7, 11) is 0. The molecule has 1 aromatic carbocycles. The Bertz CT molecular complexity index is 746. The fraction of sp³-hybridized carbons (Fsp3) is 0.526. The molecule has 1 amide bonds. The largest absolute Gasteiger partial charge is 0.444 e. The number of rotatable bonds is 4. The van der Waals surface area contributed by atoms with Gasteiger partial charge in [0, 0.05) is 27.6 Å². The number of ether oxygens (including phenoxy) is 1. The van der Waals surface area contributed by atoms with Crippen molar-refractivity contribution in [3.63, 3.8) is 0 Å². The van der Waals surface area contributed by atoms with Crippen molar-refractivity contribution in [2.45, 2.75) is 52.1 Å². The molecular formula is C19H25BrN2O2. The van der Waals surface area contributed by atoms with Gasteiger partial charge in [-0.1, -0.05) is 15.9 Å². The molecule has 4 nitrogen and oxygen atoms in total. The Labute approximate surface area is 151 Å². The monoisotopic (exact) mass is 392 g/mol. The van der Waals surface area contributed by atoms with Crippen LogP contribution in [0.3, 0.4) is 0 Å². The van der Waals surface area contributed by atoms with E-state index < -0.39 is 5.60 Å². The molecule has 5 heteroatoms. The molecule has 1 heterocycles. The van der Waals surface area contributed by atoms with Crippen molar-refractivity contribution in [3.05, 3.63) is 33.9 Å². The van der Waals surface area contributed by atoms with Crippen LogP contribution in [0.4, 0.5) is 4.79 Å². The molecule has 24 heavy (non-hydrogen) atoms. The van der Waals surface area contributed by atoms with Crippen LogP contribution >= 0.6 is 15.9 Å². The number of amides is 1. The molecule has 3 rings (SSSR count). The summed E-state index contributed by atoms with van der Waals surface area (Å²) >= 11 is 3.56. The van der Waals surface area contributed by atoms with Gasteiger partial charge in [0.1, 0.15) is 5.60 Å². The lowest BCUT2D eigenvalue weighted by atomic mass is 9.99. The van der Waals surface area contributed by atoms with Crippen molar-refractivity contribution in [3.8, 4) is 0 Å². The highest BCUT2D eigenvalue weighted by Crippen LogP contribution is 2.35. The maximum absolute atomic E-state index is 11.6. The molecule has 2 aromatic rings. The summed E-state index contributed by atoms with van der Waals surface area (Å²) in [4.78, 5) is 15.2. The number of hydrogen-bond acceptors (Lipinski definition) is 2. The Hall–Kier alpha value is -1.49. The Balaban J connectivity index is 1.47. The molecule has 0 spiro atoms. The standard InChI is InChI=1S/C19H25BrN2O2/c1-19(2,3)24-18(23)21-8-4-5-12-9-14-15-11-13(20)6-7-16(15)22-17(14)10-12/h6-7,11-12,22H,4-5,8-10H2,1-3H3,(H,21,23). The third-order valence-electron chi connectivity index (χ3n) is 4.40. The van der Waals surface area contributed by atoms with E-state index in [9.17, 15) is 4.79 Å². The van der Waals surface area contributed by atoms with Crippen LogP contribution in [0.1, 0.15) is 44.9 Å². The van der Waals surface area contributed by atoms with E-state index >= 15 is 0 Å². The van der Waals surface area contributed by atoms with E-state index in [-0.39, 0.29) is 6.09 Å². The van der Waals surface area contributed by atoms with E-state index in [4.69, 9.17) is 4.74 Å². The van der Waals surface area contributed by atoms with Crippen molar-refractivity contribution in [1.82, 2.24) is 10.3 Å². The van der Waals surface area contributed by atoms with E-state index in [1.807, 2.05) is 20.8 Å². The fourth-order valence-corrected chi connectivity index (χ4v) is 3.79. The number of nitrogens with one attached hydrogen (secondary N) is 2. The summed E-state index contributed by atoms with van der Waals surface area (Å²) in [5, 5.41) is 4.18. The van der Waals surface area contributed by atoms with E-state index in [1.165, 1.54) is 22.2 Å². The smallest absolute Gasteiger partial charge is 0.407 e. The van der Waals surface area contributed by atoms with Crippen molar-refractivity contribution in [2.24, 2.45) is 5.92 Å². The summed E-state index contributed by atoms with van der Waals surface area (Å²) < 4.78 is 6.37. The van der Waals surface area contributed by atoms with Crippen LogP contribution in [0.2, 0.25) is 0 Å². The van der Waals surface area contributed by atoms with Crippen LogP contribution in [0.25, 0.3) is 10.9 Å². The lowest BCUT2D eigenvalue weighted by Crippen LogP contribution is -2.33. The molecule has 0 fully saturated rings. The molecule has 1 aliphatic carbocycles. The van der Waals surface area contributed by atoms with E-state index in [1.54, 1.807) is 0 Å². The number of aromatic nitrogens is 1. The topological polar surface area (TPSA) is 54.1 Å². The summed E-state index contributed by atoms with van der Waals surface area (Å²) in [6.45, 7) is 6.30. The lowest BCUT2D eigenvalue weighted by molar-refractivity contribution is 0.0526. The van der Waals surface area contributed by atoms with Gasteiger partial charge < -0.3 is 15.0 Å². The minimum absolute atomic E-state index is 0.324. The van der Waals surface area contributed by atoms with Gasteiger partial charge in [-0.15, -0.1) is 0 Å². The molecule has 0 saturated carbocycles. The summed E-state index contributed by atoms with van der Waals surface area (Å²) in [5.74, 6) is 0.662. The van der Waals surface area contributed by atoms with Crippen LogP contribution in [-0.2, 0) is 17.6 Å². The second kappa shape index (κ2) is 6.79. The average molecular weight is 393 g/mol. The van der Waals surface area contributed by atoms with Gasteiger partial charge in [0.25, 0.3) is 0 Å². The highest BCUT2D eigenvalue weighted by Gasteiger charge is 2.25. The summed E-state index contributed by atoms with van der Waals surface area (Å²) in [5.41, 5.74) is 3.64. The number of aromatic amines is 1. The molecule has 1 aliphatic rings. The lowest BCUT2D eigenvalue weighted by Gasteiger charge is -2.19. The van der Waals surface area contributed by atoms with Gasteiger partial charge in [0.05, 0.1) is 0 Å². The van der Waals surface area contributed by atoms with Gasteiger partial charge in [0.2, 0.25) is 0 Å². The first kappa shape index (κ1) is 17.3. The first-order valence-electron chi connectivity index (χ1n) is 8.57.